The topological polar surface area (TPSA) is 119 Å². The maximum atomic E-state index is 16.4. The molecule has 10 nitrogen and oxygen atoms in total. The Morgan fingerprint density at radius 2 is 1.80 bits per heavy atom. The van der Waals surface area contributed by atoms with Gasteiger partial charge in [0.2, 0.25) is 8.41 Å². The van der Waals surface area contributed by atoms with Crippen molar-refractivity contribution in [2.24, 2.45) is 5.92 Å². The van der Waals surface area contributed by atoms with Gasteiger partial charge in [0.25, 0.3) is 11.8 Å². The minimum absolute atomic E-state index is 0.114. The van der Waals surface area contributed by atoms with Crippen molar-refractivity contribution < 1.29 is 28.3 Å². The molecule has 1 aromatic heterocycles. The standard InChI is InChI=1S/C41H43BrFN5O5Si/c1-26-38(54(3,4)43)37(20-21-47-24-35(45-46-47)33(25-49)28-8-6-5-7-9-28)53-41(26)34-22-30(42)14-19-36(34)48(40(41)51)23-27-10-15-31(16-11-27)44-39(50)29-12-17-32(52-2)18-13-29/h5-19,22,24,26,33,37-38,49H,20-21,23,25H2,1-4H3,(H,44,50)/t26-,33?,37+,38-,41+/m1/s1. The smallest absolute Gasteiger partial charge is 0.264 e. The molecular formula is C41H43BrFN5O5Si. The van der Waals surface area contributed by atoms with E-state index in [0.717, 1.165) is 26.9 Å². The number of fused-ring (bicyclic) bond motifs is 2. The van der Waals surface area contributed by atoms with Gasteiger partial charge in [-0.3, -0.25) is 14.3 Å². The molecule has 0 saturated carbocycles. The Hall–Kier alpha value is -4.69. The monoisotopic (exact) mass is 811 g/mol. The molecule has 3 heterocycles. The molecule has 5 aromatic rings. The second-order valence-electron chi connectivity index (χ2n) is 14.5. The highest BCUT2D eigenvalue weighted by Gasteiger charge is 2.66. The number of aliphatic hydroxyl groups is 1. The van der Waals surface area contributed by atoms with Crippen molar-refractivity contribution >= 4 is 47.5 Å². The van der Waals surface area contributed by atoms with E-state index in [1.54, 1.807) is 54.1 Å². The number of amides is 2. The highest BCUT2D eigenvalue weighted by Crippen LogP contribution is 2.60. The number of aliphatic hydroxyl groups excluding tert-OH is 1. The molecule has 7 rings (SSSR count). The Morgan fingerprint density at radius 1 is 1.07 bits per heavy atom. The number of carbonyl (C=O) groups is 2. The Labute approximate surface area is 323 Å². The van der Waals surface area contributed by atoms with Crippen LogP contribution in [0.5, 0.6) is 5.75 Å². The van der Waals surface area contributed by atoms with E-state index in [2.05, 4.69) is 31.6 Å². The molecule has 5 atom stereocenters. The number of rotatable bonds is 12. The van der Waals surface area contributed by atoms with Gasteiger partial charge in [0.1, 0.15) is 5.75 Å². The Balaban J connectivity index is 1.11. The fraction of sp³-hybridized carbons (Fsp3) is 0.317. The molecule has 13 heteroatoms. The summed E-state index contributed by atoms with van der Waals surface area (Å²) in [5.74, 6) is -0.564. The van der Waals surface area contributed by atoms with Crippen LogP contribution in [0.4, 0.5) is 15.5 Å². The summed E-state index contributed by atoms with van der Waals surface area (Å²) in [5.41, 5.74) is 3.16. The summed E-state index contributed by atoms with van der Waals surface area (Å²) in [6.07, 6.45) is 1.70. The van der Waals surface area contributed by atoms with Gasteiger partial charge in [0.15, 0.2) is 5.60 Å². The van der Waals surface area contributed by atoms with Crippen molar-refractivity contribution in [2.75, 3.05) is 23.9 Å². The molecule has 280 valence electrons. The first kappa shape index (κ1) is 37.6. The maximum Gasteiger partial charge on any atom is 0.264 e. The number of nitrogens with one attached hydrogen (secondary N) is 1. The number of aromatic nitrogens is 3. The lowest BCUT2D eigenvalue weighted by Crippen LogP contribution is -2.45. The van der Waals surface area contributed by atoms with E-state index in [9.17, 15) is 14.7 Å². The predicted molar refractivity (Wildman–Crippen MR) is 211 cm³/mol. The number of nitrogens with zero attached hydrogens (tertiary/aromatic N) is 4. The minimum Gasteiger partial charge on any atom is -0.497 e. The second kappa shape index (κ2) is 15.2. The Morgan fingerprint density at radius 3 is 2.46 bits per heavy atom. The summed E-state index contributed by atoms with van der Waals surface area (Å²) in [6.45, 7) is 5.88. The third kappa shape index (κ3) is 7.13. The molecule has 1 spiro atoms. The number of halogens is 2. The highest BCUT2D eigenvalue weighted by molar-refractivity contribution is 9.10. The first-order chi connectivity index (χ1) is 25.9. The molecule has 0 aliphatic carbocycles. The van der Waals surface area contributed by atoms with Gasteiger partial charge in [0, 0.05) is 45.5 Å². The van der Waals surface area contributed by atoms with E-state index in [-0.39, 0.29) is 30.9 Å². The van der Waals surface area contributed by atoms with Crippen molar-refractivity contribution in [1.82, 2.24) is 15.0 Å². The molecule has 0 bridgehead atoms. The van der Waals surface area contributed by atoms with Crippen LogP contribution < -0.4 is 15.0 Å². The molecule has 54 heavy (non-hydrogen) atoms. The largest absolute Gasteiger partial charge is 0.497 e. The van der Waals surface area contributed by atoms with E-state index in [4.69, 9.17) is 9.47 Å². The van der Waals surface area contributed by atoms with Gasteiger partial charge in [-0.1, -0.05) is 70.5 Å². The Kier molecular flexibility index (Phi) is 10.6. The maximum absolute atomic E-state index is 16.4. The van der Waals surface area contributed by atoms with E-state index in [1.807, 2.05) is 85.9 Å². The molecule has 1 unspecified atom stereocenters. The number of methoxy groups -OCH3 is 1. The SMILES string of the molecule is COc1ccc(C(=O)Nc2ccc(CN3C(=O)[C@@]4(O[C@@H](CCn5cc(C(CO)c6ccccc6)nn5)[C@H]([Si](C)(C)F)[C@H]4C)c4cc(Br)ccc43)cc2)cc1. The number of aryl methyl sites for hydroxylation is 1. The van der Waals surface area contributed by atoms with Crippen LogP contribution in [0.25, 0.3) is 0 Å². The quantitative estimate of drug-likeness (QED) is 0.0974. The van der Waals surface area contributed by atoms with Crippen LogP contribution in [0, 0.1) is 5.92 Å². The van der Waals surface area contributed by atoms with E-state index in [0.29, 0.717) is 35.7 Å². The summed E-state index contributed by atoms with van der Waals surface area (Å²) in [6, 6.07) is 29.7. The fourth-order valence-electron chi connectivity index (χ4n) is 8.16. The van der Waals surface area contributed by atoms with Gasteiger partial charge in [0.05, 0.1) is 43.7 Å². The Bertz CT molecular complexity index is 2130. The molecule has 2 aliphatic heterocycles. The van der Waals surface area contributed by atoms with Crippen LogP contribution in [0.1, 0.15) is 52.0 Å². The van der Waals surface area contributed by atoms with Gasteiger partial charge in [-0.15, -0.1) is 5.10 Å². The number of ether oxygens (including phenoxy) is 2. The van der Waals surface area contributed by atoms with Crippen LogP contribution in [-0.4, -0.2) is 60.1 Å². The molecule has 4 aromatic carbocycles. The normalized spacial score (nSPS) is 21.4. The third-order valence-corrected chi connectivity index (χ3v) is 13.7. The van der Waals surface area contributed by atoms with Crippen LogP contribution in [0.15, 0.2) is 108 Å². The van der Waals surface area contributed by atoms with E-state index < -0.39 is 31.6 Å². The zero-order valence-corrected chi connectivity index (χ0v) is 33.2. The zero-order chi connectivity index (χ0) is 38.2. The van der Waals surface area contributed by atoms with Crippen molar-refractivity contribution in [3.8, 4) is 5.75 Å². The molecular weight excluding hydrogens is 769 g/mol. The van der Waals surface area contributed by atoms with Crippen LogP contribution in [0.2, 0.25) is 18.6 Å². The highest BCUT2D eigenvalue weighted by atomic mass is 79.9. The summed E-state index contributed by atoms with van der Waals surface area (Å²) < 4.78 is 31.1. The molecule has 2 amide bonds. The third-order valence-electron chi connectivity index (χ3n) is 10.8. The van der Waals surface area contributed by atoms with Crippen LogP contribution in [-0.2, 0) is 28.2 Å². The summed E-state index contributed by atoms with van der Waals surface area (Å²) in [4.78, 5) is 29.4. The molecule has 1 fully saturated rings. The van der Waals surface area contributed by atoms with Gasteiger partial charge in [-0.2, -0.15) is 0 Å². The number of benzene rings is 4. The number of carbonyl (C=O) groups excluding carboxylic acids is 2. The number of hydrogen-bond donors (Lipinski definition) is 2. The lowest BCUT2D eigenvalue weighted by atomic mass is 9.82. The van der Waals surface area contributed by atoms with Crippen molar-refractivity contribution in [3.05, 3.63) is 136 Å². The number of hydrogen-bond acceptors (Lipinski definition) is 7. The lowest BCUT2D eigenvalue weighted by Gasteiger charge is -2.31. The average Bonchev–Trinajstić information content (AvgIpc) is 3.82. The van der Waals surface area contributed by atoms with Gasteiger partial charge < -0.3 is 28.9 Å². The van der Waals surface area contributed by atoms with Gasteiger partial charge in [-0.25, -0.2) is 0 Å². The lowest BCUT2D eigenvalue weighted by molar-refractivity contribution is -0.146. The van der Waals surface area contributed by atoms with Gasteiger partial charge in [-0.05, 0) is 85.2 Å². The van der Waals surface area contributed by atoms with Gasteiger partial charge >= 0.3 is 0 Å². The number of anilines is 2. The predicted octanol–water partition coefficient (Wildman–Crippen LogP) is 7.84. The average molecular weight is 813 g/mol. The van der Waals surface area contributed by atoms with Crippen molar-refractivity contribution in [3.63, 3.8) is 0 Å². The molecule has 1 saturated heterocycles. The molecule has 2 N–H and O–H groups in total. The van der Waals surface area contributed by atoms with Crippen LogP contribution in [0.3, 0.4) is 0 Å². The first-order valence-electron chi connectivity index (χ1n) is 18.0. The zero-order valence-electron chi connectivity index (χ0n) is 30.6. The summed E-state index contributed by atoms with van der Waals surface area (Å²) in [7, 11) is -1.81. The summed E-state index contributed by atoms with van der Waals surface area (Å²) in [5, 5.41) is 21.8. The summed E-state index contributed by atoms with van der Waals surface area (Å²) >= 11 is 3.61. The van der Waals surface area contributed by atoms with Crippen LogP contribution >= 0.6 is 15.9 Å². The molecule has 0 radical (unpaired) electrons. The minimum atomic E-state index is -3.38. The van der Waals surface area contributed by atoms with Crippen molar-refractivity contribution in [1.29, 1.82) is 0 Å². The first-order valence-corrected chi connectivity index (χ1v) is 21.8. The second-order valence-corrected chi connectivity index (χ2v) is 19.3. The fourth-order valence-corrected chi connectivity index (χ4v) is 11.1. The van der Waals surface area contributed by atoms with E-state index in [1.165, 1.54) is 0 Å². The van der Waals surface area contributed by atoms with E-state index >= 15 is 4.11 Å². The molecule has 2 aliphatic rings. The van der Waals surface area contributed by atoms with Crippen molar-refractivity contribution in [2.45, 2.75) is 62.7 Å².